The molecule has 0 saturated carbocycles. The molecule has 2 amide bonds. The van der Waals surface area contributed by atoms with E-state index in [1.807, 2.05) is 61.5 Å². The number of benzene rings is 3. The minimum absolute atomic E-state index is 0.163. The maximum Gasteiger partial charge on any atom is 0.251 e. The molecule has 2 atom stereocenters. The highest BCUT2D eigenvalue weighted by atomic mass is 16.5. The molecule has 2 aliphatic heterocycles. The van der Waals surface area contributed by atoms with Gasteiger partial charge in [0.25, 0.3) is 5.91 Å². The van der Waals surface area contributed by atoms with Crippen LogP contribution in [0, 0.1) is 6.92 Å². The molecule has 1 fully saturated rings. The SMILES string of the molecule is COc1cc2c(cc1OC)[C@@H](c1ccccc1)N([C@H]1CC(=O)N(c3ccc(C)cc3)C1=O)CC2. The van der Waals surface area contributed by atoms with Crippen LogP contribution in [-0.4, -0.2) is 43.5 Å². The van der Waals surface area contributed by atoms with E-state index in [0.29, 0.717) is 23.7 Å². The summed E-state index contributed by atoms with van der Waals surface area (Å²) in [6, 6.07) is 21.0. The van der Waals surface area contributed by atoms with E-state index in [1.165, 1.54) is 4.90 Å². The van der Waals surface area contributed by atoms with Gasteiger partial charge >= 0.3 is 0 Å². The van der Waals surface area contributed by atoms with Crippen molar-refractivity contribution in [3.63, 3.8) is 0 Å². The molecule has 0 aromatic heterocycles. The molecule has 34 heavy (non-hydrogen) atoms. The summed E-state index contributed by atoms with van der Waals surface area (Å²) in [6.07, 6.45) is 0.917. The van der Waals surface area contributed by atoms with E-state index in [4.69, 9.17) is 9.47 Å². The number of methoxy groups -OCH3 is 2. The Hall–Kier alpha value is -3.64. The van der Waals surface area contributed by atoms with Crippen LogP contribution in [0.25, 0.3) is 0 Å². The Balaban J connectivity index is 1.57. The van der Waals surface area contributed by atoms with Crippen molar-refractivity contribution in [3.8, 4) is 11.5 Å². The lowest BCUT2D eigenvalue weighted by atomic mass is 9.86. The lowest BCUT2D eigenvalue weighted by Crippen LogP contribution is -2.47. The Morgan fingerprint density at radius 2 is 1.56 bits per heavy atom. The lowest BCUT2D eigenvalue weighted by Gasteiger charge is -2.40. The molecule has 0 radical (unpaired) electrons. The van der Waals surface area contributed by atoms with E-state index < -0.39 is 6.04 Å². The molecule has 0 unspecified atom stereocenters. The second kappa shape index (κ2) is 8.95. The predicted molar refractivity (Wildman–Crippen MR) is 130 cm³/mol. The third-order valence-electron chi connectivity index (χ3n) is 6.84. The summed E-state index contributed by atoms with van der Waals surface area (Å²) in [4.78, 5) is 30.2. The number of carbonyl (C=O) groups excluding carboxylic acids is 2. The molecule has 0 aliphatic carbocycles. The van der Waals surface area contributed by atoms with E-state index in [0.717, 1.165) is 28.7 Å². The van der Waals surface area contributed by atoms with Crippen LogP contribution in [0.4, 0.5) is 5.69 Å². The normalized spacial score (nSPS) is 20.4. The Morgan fingerprint density at radius 1 is 0.882 bits per heavy atom. The highest BCUT2D eigenvalue weighted by molar-refractivity contribution is 6.22. The first kappa shape index (κ1) is 22.2. The number of imide groups is 1. The maximum absolute atomic E-state index is 13.6. The van der Waals surface area contributed by atoms with E-state index in [-0.39, 0.29) is 24.3 Å². The number of anilines is 1. The average molecular weight is 457 g/mol. The molecule has 1 saturated heterocycles. The Kier molecular flexibility index (Phi) is 5.84. The zero-order valence-corrected chi connectivity index (χ0v) is 19.7. The van der Waals surface area contributed by atoms with Gasteiger partial charge in [-0.25, -0.2) is 4.90 Å². The summed E-state index contributed by atoms with van der Waals surface area (Å²) < 4.78 is 11.1. The van der Waals surface area contributed by atoms with Crippen LogP contribution < -0.4 is 14.4 Å². The average Bonchev–Trinajstić information content (AvgIpc) is 3.16. The Bertz CT molecular complexity index is 1220. The van der Waals surface area contributed by atoms with Gasteiger partial charge in [0.05, 0.1) is 38.4 Å². The molecule has 0 spiro atoms. The number of rotatable bonds is 5. The summed E-state index contributed by atoms with van der Waals surface area (Å²) in [6.45, 7) is 2.65. The molecule has 6 nitrogen and oxygen atoms in total. The van der Waals surface area contributed by atoms with Crippen LogP contribution in [0.15, 0.2) is 66.7 Å². The molecule has 3 aromatic rings. The maximum atomic E-state index is 13.6. The van der Waals surface area contributed by atoms with Crippen LogP contribution >= 0.6 is 0 Å². The number of nitrogens with zero attached hydrogens (tertiary/aromatic N) is 2. The minimum atomic E-state index is -0.528. The first-order valence-corrected chi connectivity index (χ1v) is 11.5. The highest BCUT2D eigenvalue weighted by Crippen LogP contribution is 2.43. The third kappa shape index (κ3) is 3.74. The van der Waals surface area contributed by atoms with Crippen molar-refractivity contribution in [1.82, 2.24) is 4.90 Å². The summed E-state index contributed by atoms with van der Waals surface area (Å²) in [7, 11) is 3.26. The molecule has 3 aromatic carbocycles. The standard InChI is InChI=1S/C28H28N2O4/c1-18-9-11-21(12-10-18)30-26(31)17-23(28(30)32)29-14-13-20-15-24(33-2)25(34-3)16-22(20)27(29)19-7-5-4-6-8-19/h4-12,15-16,23,27H,13-14,17H2,1-3H3/t23-,27+/m0/s1. The van der Waals surface area contributed by atoms with Crippen molar-refractivity contribution in [3.05, 3.63) is 89.0 Å². The van der Waals surface area contributed by atoms with Crippen LogP contribution in [-0.2, 0) is 16.0 Å². The van der Waals surface area contributed by atoms with Crippen molar-refractivity contribution < 1.29 is 19.1 Å². The molecular formula is C28H28N2O4. The van der Waals surface area contributed by atoms with Crippen molar-refractivity contribution >= 4 is 17.5 Å². The molecule has 0 bridgehead atoms. The zero-order valence-electron chi connectivity index (χ0n) is 19.7. The number of aryl methyl sites for hydroxylation is 1. The Labute approximate surface area is 199 Å². The van der Waals surface area contributed by atoms with Crippen molar-refractivity contribution in [1.29, 1.82) is 0 Å². The van der Waals surface area contributed by atoms with Crippen molar-refractivity contribution in [2.24, 2.45) is 0 Å². The monoisotopic (exact) mass is 456 g/mol. The number of ether oxygens (including phenoxy) is 2. The van der Waals surface area contributed by atoms with Gasteiger partial charge in [-0.05, 0) is 54.3 Å². The number of hydrogen-bond donors (Lipinski definition) is 0. The largest absolute Gasteiger partial charge is 0.493 e. The molecule has 2 heterocycles. The van der Waals surface area contributed by atoms with E-state index >= 15 is 0 Å². The fourth-order valence-electron chi connectivity index (χ4n) is 5.15. The number of carbonyl (C=O) groups is 2. The molecule has 174 valence electrons. The summed E-state index contributed by atoms with van der Waals surface area (Å²) >= 11 is 0. The van der Waals surface area contributed by atoms with Gasteiger partial charge in [0.1, 0.15) is 0 Å². The molecule has 6 heteroatoms. The van der Waals surface area contributed by atoms with Crippen LogP contribution in [0.1, 0.15) is 34.7 Å². The second-order valence-electron chi connectivity index (χ2n) is 8.83. The van der Waals surface area contributed by atoms with Gasteiger partial charge in [-0.1, -0.05) is 48.0 Å². The summed E-state index contributed by atoms with van der Waals surface area (Å²) in [5.74, 6) is 1.01. The predicted octanol–water partition coefficient (Wildman–Crippen LogP) is 4.29. The van der Waals surface area contributed by atoms with Crippen molar-refractivity contribution in [2.45, 2.75) is 31.8 Å². The Morgan fingerprint density at radius 3 is 2.24 bits per heavy atom. The highest BCUT2D eigenvalue weighted by Gasteiger charge is 2.46. The van der Waals surface area contributed by atoms with Gasteiger partial charge in [0, 0.05) is 6.54 Å². The quantitative estimate of drug-likeness (QED) is 0.536. The number of amides is 2. The lowest BCUT2D eigenvalue weighted by molar-refractivity contribution is -0.123. The minimum Gasteiger partial charge on any atom is -0.493 e. The second-order valence-corrected chi connectivity index (χ2v) is 8.83. The van der Waals surface area contributed by atoms with Gasteiger partial charge < -0.3 is 9.47 Å². The summed E-state index contributed by atoms with van der Waals surface area (Å²) in [5, 5.41) is 0. The van der Waals surface area contributed by atoms with Crippen LogP contribution in [0.5, 0.6) is 11.5 Å². The van der Waals surface area contributed by atoms with Crippen LogP contribution in [0.3, 0.4) is 0 Å². The van der Waals surface area contributed by atoms with Gasteiger partial charge in [0.15, 0.2) is 11.5 Å². The van der Waals surface area contributed by atoms with Gasteiger partial charge in [-0.2, -0.15) is 0 Å². The van der Waals surface area contributed by atoms with E-state index in [1.54, 1.807) is 14.2 Å². The third-order valence-corrected chi connectivity index (χ3v) is 6.84. The molecule has 5 rings (SSSR count). The number of hydrogen-bond acceptors (Lipinski definition) is 5. The van der Waals surface area contributed by atoms with Gasteiger partial charge in [-0.3, -0.25) is 14.5 Å². The molecule has 0 N–H and O–H groups in total. The topological polar surface area (TPSA) is 59.1 Å². The summed E-state index contributed by atoms with van der Waals surface area (Å²) in [5.41, 5.74) is 5.02. The van der Waals surface area contributed by atoms with E-state index in [2.05, 4.69) is 17.0 Å². The fourth-order valence-corrected chi connectivity index (χ4v) is 5.15. The van der Waals surface area contributed by atoms with E-state index in [9.17, 15) is 9.59 Å². The smallest absolute Gasteiger partial charge is 0.251 e. The molecule has 2 aliphatic rings. The van der Waals surface area contributed by atoms with Crippen molar-refractivity contribution in [2.75, 3.05) is 25.7 Å². The van der Waals surface area contributed by atoms with Crippen LogP contribution in [0.2, 0.25) is 0 Å². The van der Waals surface area contributed by atoms with Gasteiger partial charge in [0.2, 0.25) is 5.91 Å². The molecular weight excluding hydrogens is 428 g/mol. The first-order valence-electron chi connectivity index (χ1n) is 11.5. The first-order chi connectivity index (χ1) is 16.5. The fraction of sp³-hybridized carbons (Fsp3) is 0.286. The zero-order chi connectivity index (χ0) is 23.8. The number of fused-ring (bicyclic) bond motifs is 1. The van der Waals surface area contributed by atoms with Gasteiger partial charge in [-0.15, -0.1) is 0 Å².